The lowest BCUT2D eigenvalue weighted by Gasteiger charge is -2.35. The second kappa shape index (κ2) is 8.39. The lowest BCUT2D eigenvalue weighted by molar-refractivity contribution is -0.127. The third-order valence-electron chi connectivity index (χ3n) is 5.39. The molecule has 0 aliphatic carbocycles. The van der Waals surface area contributed by atoms with Crippen molar-refractivity contribution in [3.8, 4) is 0 Å². The Hall–Kier alpha value is -1.93. The van der Waals surface area contributed by atoms with Crippen LogP contribution < -0.4 is 10.6 Å². The van der Waals surface area contributed by atoms with Gasteiger partial charge < -0.3 is 10.2 Å². The van der Waals surface area contributed by atoms with Gasteiger partial charge in [0.2, 0.25) is 0 Å². The number of rotatable bonds is 4. The van der Waals surface area contributed by atoms with E-state index in [4.69, 9.17) is 0 Å². The number of carbonyl (C=O) groups excluding carboxylic acids is 2. The van der Waals surface area contributed by atoms with E-state index in [-0.39, 0.29) is 17.7 Å². The number of nitrogens with zero attached hydrogens (tertiary/aromatic N) is 1. The molecule has 3 rings (SSSR count). The van der Waals surface area contributed by atoms with Gasteiger partial charge in [0, 0.05) is 18.1 Å². The molecule has 2 aliphatic heterocycles. The number of likely N-dealkylation sites (tertiary alicyclic amines) is 1. The summed E-state index contributed by atoms with van der Waals surface area (Å²) in [5.41, 5.74) is -0.818. The summed E-state index contributed by atoms with van der Waals surface area (Å²) in [5, 5.41) is 5.62. The van der Waals surface area contributed by atoms with Crippen molar-refractivity contribution in [2.45, 2.75) is 44.3 Å². The molecule has 2 N–H and O–H groups in total. The van der Waals surface area contributed by atoms with Gasteiger partial charge >= 0.3 is 0 Å². The number of Topliss-reactive ketones (excluding diaryl/α,β-unsaturated/α-hetero) is 1. The first-order chi connectivity index (χ1) is 12.8. The normalized spacial score (nSPS) is 24.6. The molecule has 2 heterocycles. The Kier molecular flexibility index (Phi) is 6.16. The van der Waals surface area contributed by atoms with Crippen LogP contribution in [-0.4, -0.2) is 48.9 Å². The van der Waals surface area contributed by atoms with Crippen LogP contribution in [0.5, 0.6) is 0 Å². The number of carbonyl (C=O) groups is 2. The smallest absolute Gasteiger partial charge is 0.258 e. The predicted octanol–water partition coefficient (Wildman–Crippen LogP) is 2.21. The minimum Gasteiger partial charge on any atom is -0.337 e. The summed E-state index contributed by atoms with van der Waals surface area (Å²) in [6.07, 6.45) is 3.02. The Morgan fingerprint density at radius 2 is 1.70 bits per heavy atom. The molecule has 5 nitrogen and oxygen atoms in total. The van der Waals surface area contributed by atoms with Gasteiger partial charge in [0.25, 0.3) is 5.91 Å². The van der Waals surface area contributed by atoms with E-state index in [1.807, 2.05) is 7.05 Å². The second-order valence-electron chi connectivity index (χ2n) is 7.40. The summed E-state index contributed by atoms with van der Waals surface area (Å²) in [6, 6.07) is 0.567. The molecule has 2 aliphatic rings. The van der Waals surface area contributed by atoms with Crippen LogP contribution in [0.1, 0.15) is 42.5 Å². The maximum atomic E-state index is 13.8. The lowest BCUT2D eigenvalue weighted by atomic mass is 9.86. The quantitative estimate of drug-likeness (QED) is 0.837. The van der Waals surface area contributed by atoms with Gasteiger partial charge in [-0.05, 0) is 52.2 Å². The van der Waals surface area contributed by atoms with Gasteiger partial charge in [-0.2, -0.15) is 0 Å². The summed E-state index contributed by atoms with van der Waals surface area (Å²) in [6.45, 7) is 1.76. The van der Waals surface area contributed by atoms with Crippen molar-refractivity contribution < 1.29 is 22.8 Å². The standard InChI is InChI=1S/C19H24F3N3O2/c1-25-7-5-11(6-8-25)18(26)15-3-2-4-16(23-15)24-19(27)17-13(21)9-12(20)10-14(17)22/h9-11,15-16,23H,2-8H2,1H3,(H,24,27). The van der Waals surface area contributed by atoms with Crippen LogP contribution in [0.4, 0.5) is 13.2 Å². The van der Waals surface area contributed by atoms with E-state index in [9.17, 15) is 22.8 Å². The highest BCUT2D eigenvalue weighted by molar-refractivity contribution is 5.95. The van der Waals surface area contributed by atoms with Crippen molar-refractivity contribution in [3.05, 3.63) is 35.1 Å². The third-order valence-corrected chi connectivity index (χ3v) is 5.39. The Balaban J connectivity index is 1.61. The van der Waals surface area contributed by atoms with Crippen LogP contribution in [0.25, 0.3) is 0 Å². The molecule has 27 heavy (non-hydrogen) atoms. The van der Waals surface area contributed by atoms with Gasteiger partial charge in [-0.1, -0.05) is 0 Å². The molecule has 0 aromatic heterocycles. The Bertz CT molecular complexity index is 697. The van der Waals surface area contributed by atoms with Crippen molar-refractivity contribution in [1.82, 2.24) is 15.5 Å². The Morgan fingerprint density at radius 1 is 1.07 bits per heavy atom. The number of nitrogens with one attached hydrogen (secondary N) is 2. The average molecular weight is 383 g/mol. The largest absolute Gasteiger partial charge is 0.337 e. The van der Waals surface area contributed by atoms with Crippen LogP contribution >= 0.6 is 0 Å². The first-order valence-electron chi connectivity index (χ1n) is 9.29. The van der Waals surface area contributed by atoms with Gasteiger partial charge in [0.1, 0.15) is 23.0 Å². The zero-order valence-corrected chi connectivity index (χ0v) is 15.2. The summed E-state index contributed by atoms with van der Waals surface area (Å²) >= 11 is 0. The first-order valence-corrected chi connectivity index (χ1v) is 9.29. The molecule has 2 saturated heterocycles. The van der Waals surface area contributed by atoms with E-state index in [0.29, 0.717) is 25.0 Å². The lowest BCUT2D eigenvalue weighted by Crippen LogP contribution is -2.56. The number of piperidine rings is 2. The fourth-order valence-electron chi connectivity index (χ4n) is 3.84. The number of hydrogen-bond acceptors (Lipinski definition) is 4. The molecule has 1 amide bonds. The van der Waals surface area contributed by atoms with E-state index in [1.165, 1.54) is 0 Å². The van der Waals surface area contributed by atoms with Gasteiger partial charge in [0.15, 0.2) is 5.78 Å². The molecular weight excluding hydrogens is 359 g/mol. The molecule has 8 heteroatoms. The molecule has 1 aromatic carbocycles. The highest BCUT2D eigenvalue weighted by atomic mass is 19.1. The maximum absolute atomic E-state index is 13.8. The van der Waals surface area contributed by atoms with Crippen LogP contribution in [0, 0.1) is 23.4 Å². The highest BCUT2D eigenvalue weighted by Crippen LogP contribution is 2.23. The van der Waals surface area contributed by atoms with Crippen LogP contribution in [0.2, 0.25) is 0 Å². The molecule has 2 unspecified atom stereocenters. The van der Waals surface area contributed by atoms with Gasteiger partial charge in [-0.25, -0.2) is 13.2 Å². The number of hydrogen-bond donors (Lipinski definition) is 2. The van der Waals surface area contributed by atoms with E-state index < -0.39 is 35.1 Å². The van der Waals surface area contributed by atoms with E-state index >= 15 is 0 Å². The van der Waals surface area contributed by atoms with Crippen molar-refractivity contribution in [2.24, 2.45) is 5.92 Å². The highest BCUT2D eigenvalue weighted by Gasteiger charge is 2.33. The van der Waals surface area contributed by atoms with Crippen LogP contribution in [0.3, 0.4) is 0 Å². The molecule has 2 fully saturated rings. The summed E-state index contributed by atoms with van der Waals surface area (Å²) in [5.74, 6) is -4.41. The minimum absolute atomic E-state index is 0.000129. The minimum atomic E-state index is -1.25. The third kappa shape index (κ3) is 4.68. The fraction of sp³-hybridized carbons (Fsp3) is 0.579. The molecule has 2 atom stereocenters. The summed E-state index contributed by atoms with van der Waals surface area (Å²) < 4.78 is 40.6. The Labute approximate surface area is 156 Å². The van der Waals surface area contributed by atoms with Gasteiger partial charge in [0.05, 0.1) is 12.2 Å². The van der Waals surface area contributed by atoms with E-state index in [2.05, 4.69) is 15.5 Å². The number of halogens is 3. The summed E-state index contributed by atoms with van der Waals surface area (Å²) in [4.78, 5) is 27.2. The van der Waals surface area contributed by atoms with Gasteiger partial charge in [-0.3, -0.25) is 14.9 Å². The first kappa shape index (κ1) is 19.8. The van der Waals surface area contributed by atoms with Gasteiger partial charge in [-0.15, -0.1) is 0 Å². The van der Waals surface area contributed by atoms with Crippen molar-refractivity contribution in [1.29, 1.82) is 0 Å². The van der Waals surface area contributed by atoms with Crippen molar-refractivity contribution in [3.63, 3.8) is 0 Å². The van der Waals surface area contributed by atoms with Crippen LogP contribution in [0.15, 0.2) is 12.1 Å². The van der Waals surface area contributed by atoms with E-state index in [0.717, 1.165) is 32.4 Å². The maximum Gasteiger partial charge on any atom is 0.258 e. The molecular formula is C19H24F3N3O2. The van der Waals surface area contributed by atoms with Crippen molar-refractivity contribution in [2.75, 3.05) is 20.1 Å². The topological polar surface area (TPSA) is 61.4 Å². The van der Waals surface area contributed by atoms with Crippen molar-refractivity contribution >= 4 is 11.7 Å². The molecule has 0 saturated carbocycles. The second-order valence-corrected chi connectivity index (χ2v) is 7.40. The molecule has 0 spiro atoms. The molecule has 148 valence electrons. The van der Waals surface area contributed by atoms with Crippen LogP contribution in [-0.2, 0) is 4.79 Å². The number of benzene rings is 1. The monoisotopic (exact) mass is 383 g/mol. The predicted molar refractivity (Wildman–Crippen MR) is 93.6 cm³/mol. The summed E-state index contributed by atoms with van der Waals surface area (Å²) in [7, 11) is 2.03. The van der Waals surface area contributed by atoms with E-state index in [1.54, 1.807) is 0 Å². The molecule has 0 radical (unpaired) electrons. The zero-order chi connectivity index (χ0) is 19.6. The number of ketones is 1. The SMILES string of the molecule is CN1CCC(C(=O)C2CCCC(NC(=O)c3c(F)cc(F)cc3F)N2)CC1. The molecule has 1 aromatic rings. The zero-order valence-electron chi connectivity index (χ0n) is 15.2. The molecule has 0 bridgehead atoms. The Morgan fingerprint density at radius 3 is 2.33 bits per heavy atom. The average Bonchev–Trinajstić information content (AvgIpc) is 2.61. The number of amides is 1. The fourth-order valence-corrected chi connectivity index (χ4v) is 3.84.